The van der Waals surface area contributed by atoms with Crippen LogP contribution in [0.4, 0.5) is 5.69 Å². The summed E-state index contributed by atoms with van der Waals surface area (Å²) in [4.78, 5) is 22.8. The van der Waals surface area contributed by atoms with Gasteiger partial charge in [-0.3, -0.25) is 15.0 Å². The van der Waals surface area contributed by atoms with Gasteiger partial charge < -0.3 is 5.11 Å². The second-order valence-corrected chi connectivity index (χ2v) is 7.12. The minimum Gasteiger partial charge on any atom is -0.508 e. The van der Waals surface area contributed by atoms with E-state index in [0.717, 1.165) is 34.9 Å². The molecule has 0 atom stereocenters. The first kappa shape index (κ1) is 16.6. The van der Waals surface area contributed by atoms with Gasteiger partial charge in [0.05, 0.1) is 15.5 Å². The monoisotopic (exact) mass is 368 g/mol. The number of thiophene rings is 1. The maximum absolute atomic E-state index is 10.9. The van der Waals surface area contributed by atoms with Crippen molar-refractivity contribution < 1.29 is 10.0 Å². The third-order valence-corrected chi connectivity index (χ3v) is 5.29. The number of hydrogen-bond acceptors (Lipinski definition) is 7. The van der Waals surface area contributed by atoms with Crippen molar-refractivity contribution in [2.24, 2.45) is 0 Å². The van der Waals surface area contributed by atoms with Crippen molar-refractivity contribution in [3.8, 4) is 16.5 Å². The molecule has 0 amide bonds. The van der Waals surface area contributed by atoms with Gasteiger partial charge in [0.1, 0.15) is 5.75 Å². The fourth-order valence-corrected chi connectivity index (χ4v) is 3.75. The van der Waals surface area contributed by atoms with E-state index >= 15 is 0 Å². The fourth-order valence-electron chi connectivity index (χ4n) is 3.09. The van der Waals surface area contributed by atoms with Crippen molar-refractivity contribution in [1.29, 1.82) is 0 Å². The van der Waals surface area contributed by atoms with E-state index in [1.807, 2.05) is 23.7 Å². The molecule has 0 aliphatic carbocycles. The SMILES string of the molecule is O=[N+]([O-])c1ccc(O)c(CN2CCc3nc(-c4cccs4)ncc3C2)c1. The molecule has 4 rings (SSSR count). The smallest absolute Gasteiger partial charge is 0.270 e. The predicted molar refractivity (Wildman–Crippen MR) is 97.9 cm³/mol. The minimum atomic E-state index is -0.450. The van der Waals surface area contributed by atoms with Gasteiger partial charge in [0.25, 0.3) is 5.69 Å². The summed E-state index contributed by atoms with van der Waals surface area (Å²) >= 11 is 1.62. The Balaban J connectivity index is 1.52. The van der Waals surface area contributed by atoms with E-state index in [9.17, 15) is 15.2 Å². The predicted octanol–water partition coefficient (Wildman–Crippen LogP) is 3.38. The number of nitro groups is 1. The van der Waals surface area contributed by atoms with Crippen LogP contribution in [0.5, 0.6) is 5.75 Å². The van der Waals surface area contributed by atoms with E-state index in [1.165, 1.54) is 18.2 Å². The van der Waals surface area contributed by atoms with Gasteiger partial charge in [-0.2, -0.15) is 0 Å². The van der Waals surface area contributed by atoms with E-state index in [-0.39, 0.29) is 11.4 Å². The van der Waals surface area contributed by atoms with Crippen LogP contribution in [-0.2, 0) is 19.5 Å². The number of benzene rings is 1. The quantitative estimate of drug-likeness (QED) is 0.561. The molecular weight excluding hydrogens is 352 g/mol. The van der Waals surface area contributed by atoms with Gasteiger partial charge in [0, 0.05) is 55.5 Å². The van der Waals surface area contributed by atoms with Gasteiger partial charge in [-0.05, 0) is 17.5 Å². The first-order chi connectivity index (χ1) is 12.6. The third kappa shape index (κ3) is 3.29. The molecule has 0 radical (unpaired) electrons. The Morgan fingerprint density at radius 3 is 3.00 bits per heavy atom. The van der Waals surface area contributed by atoms with Crippen molar-refractivity contribution >= 4 is 17.0 Å². The number of phenols is 1. The lowest BCUT2D eigenvalue weighted by Crippen LogP contribution is -2.31. The molecule has 3 heterocycles. The Bertz CT molecular complexity index is 959. The maximum atomic E-state index is 10.9. The number of nitrogens with zero attached hydrogens (tertiary/aromatic N) is 4. The van der Waals surface area contributed by atoms with E-state index in [2.05, 4.69) is 14.9 Å². The van der Waals surface area contributed by atoms with Crippen LogP contribution in [-0.4, -0.2) is 31.4 Å². The lowest BCUT2D eigenvalue weighted by atomic mass is 10.1. The Labute approximate surface area is 153 Å². The molecule has 0 unspecified atom stereocenters. The van der Waals surface area contributed by atoms with Crippen LogP contribution in [0.3, 0.4) is 0 Å². The molecule has 0 saturated heterocycles. The third-order valence-electron chi connectivity index (χ3n) is 4.42. The van der Waals surface area contributed by atoms with Crippen molar-refractivity contribution in [3.63, 3.8) is 0 Å². The Morgan fingerprint density at radius 2 is 2.23 bits per heavy atom. The summed E-state index contributed by atoms with van der Waals surface area (Å²) in [5.74, 6) is 0.828. The zero-order valence-corrected chi connectivity index (χ0v) is 14.6. The topological polar surface area (TPSA) is 92.4 Å². The van der Waals surface area contributed by atoms with E-state index < -0.39 is 4.92 Å². The van der Waals surface area contributed by atoms with Crippen molar-refractivity contribution in [2.75, 3.05) is 6.54 Å². The lowest BCUT2D eigenvalue weighted by molar-refractivity contribution is -0.385. The highest BCUT2D eigenvalue weighted by Gasteiger charge is 2.21. The summed E-state index contributed by atoms with van der Waals surface area (Å²) < 4.78 is 0. The number of non-ortho nitro benzene ring substituents is 1. The van der Waals surface area contributed by atoms with Crippen LogP contribution in [0.2, 0.25) is 0 Å². The first-order valence-electron chi connectivity index (χ1n) is 8.17. The maximum Gasteiger partial charge on any atom is 0.270 e. The molecule has 0 saturated carbocycles. The van der Waals surface area contributed by atoms with E-state index in [0.29, 0.717) is 18.7 Å². The molecule has 1 N–H and O–H groups in total. The molecule has 0 bridgehead atoms. The lowest BCUT2D eigenvalue weighted by Gasteiger charge is -2.28. The van der Waals surface area contributed by atoms with Gasteiger partial charge >= 0.3 is 0 Å². The molecule has 1 aliphatic rings. The van der Waals surface area contributed by atoms with Gasteiger partial charge in [0.2, 0.25) is 0 Å². The summed E-state index contributed by atoms with van der Waals surface area (Å²) in [6.07, 6.45) is 2.64. The molecule has 0 fully saturated rings. The van der Waals surface area contributed by atoms with Crippen molar-refractivity contribution in [2.45, 2.75) is 19.5 Å². The number of aromatic hydroxyl groups is 1. The van der Waals surface area contributed by atoms with Gasteiger partial charge in [0.15, 0.2) is 5.82 Å². The zero-order chi connectivity index (χ0) is 18.1. The highest BCUT2D eigenvalue weighted by atomic mass is 32.1. The molecule has 7 nitrogen and oxygen atoms in total. The van der Waals surface area contributed by atoms with Gasteiger partial charge in [-0.25, -0.2) is 9.97 Å². The Hall–Kier alpha value is -2.84. The number of fused-ring (bicyclic) bond motifs is 1. The van der Waals surface area contributed by atoms with Crippen LogP contribution in [0.25, 0.3) is 10.7 Å². The number of aromatic nitrogens is 2. The molecule has 0 spiro atoms. The van der Waals surface area contributed by atoms with Crippen LogP contribution >= 0.6 is 11.3 Å². The zero-order valence-electron chi connectivity index (χ0n) is 13.8. The number of rotatable bonds is 4. The molecule has 1 aromatic carbocycles. The standard InChI is InChI=1S/C18H16N4O3S/c23-16-4-3-14(22(24)25)8-12(16)10-21-6-5-15-13(11-21)9-19-18(20-15)17-2-1-7-26-17/h1-4,7-9,23H,5-6,10-11H2. The van der Waals surface area contributed by atoms with E-state index in [1.54, 1.807) is 11.3 Å². The average Bonchev–Trinajstić information content (AvgIpc) is 3.17. The van der Waals surface area contributed by atoms with Crippen LogP contribution in [0.15, 0.2) is 41.9 Å². The second kappa shape index (κ2) is 6.81. The molecule has 3 aromatic rings. The van der Waals surface area contributed by atoms with Crippen molar-refractivity contribution in [1.82, 2.24) is 14.9 Å². The highest BCUT2D eigenvalue weighted by Crippen LogP contribution is 2.28. The number of nitro benzene ring substituents is 1. The highest BCUT2D eigenvalue weighted by molar-refractivity contribution is 7.13. The fraction of sp³-hybridized carbons (Fsp3) is 0.222. The van der Waals surface area contributed by atoms with Crippen LogP contribution in [0, 0.1) is 10.1 Å². The summed E-state index contributed by atoms with van der Waals surface area (Å²) in [6, 6.07) is 8.11. The Morgan fingerprint density at radius 1 is 1.35 bits per heavy atom. The summed E-state index contributed by atoms with van der Waals surface area (Å²) in [5.41, 5.74) is 2.64. The molecule has 1 aliphatic heterocycles. The molecule has 26 heavy (non-hydrogen) atoms. The first-order valence-corrected chi connectivity index (χ1v) is 9.05. The number of hydrogen-bond donors (Lipinski definition) is 1. The minimum absolute atomic E-state index is 0.0147. The van der Waals surface area contributed by atoms with Gasteiger partial charge in [-0.1, -0.05) is 6.07 Å². The molecule has 8 heteroatoms. The van der Waals surface area contributed by atoms with E-state index in [4.69, 9.17) is 0 Å². The summed E-state index contributed by atoms with van der Waals surface area (Å²) in [5, 5.41) is 23.0. The summed E-state index contributed by atoms with van der Waals surface area (Å²) in [7, 11) is 0. The molecule has 132 valence electrons. The van der Waals surface area contributed by atoms with Crippen LogP contribution in [0.1, 0.15) is 16.8 Å². The second-order valence-electron chi connectivity index (χ2n) is 6.17. The average molecular weight is 368 g/mol. The number of phenolic OH excluding ortho intramolecular Hbond substituents is 1. The van der Waals surface area contributed by atoms with Gasteiger partial charge in [-0.15, -0.1) is 11.3 Å². The Kier molecular flexibility index (Phi) is 4.36. The largest absolute Gasteiger partial charge is 0.508 e. The molecule has 2 aromatic heterocycles. The normalized spacial score (nSPS) is 14.2. The molecular formula is C18H16N4O3S. The van der Waals surface area contributed by atoms with Crippen molar-refractivity contribution in [3.05, 3.63) is 68.8 Å². The summed E-state index contributed by atoms with van der Waals surface area (Å²) in [6.45, 7) is 1.87. The van der Waals surface area contributed by atoms with Crippen LogP contribution < -0.4 is 0 Å².